The molecule has 9 heteroatoms. The van der Waals surface area contributed by atoms with Gasteiger partial charge in [-0.2, -0.15) is 0 Å². The van der Waals surface area contributed by atoms with Crippen LogP contribution in [0.2, 0.25) is 0 Å². The Morgan fingerprint density at radius 2 is 1.96 bits per heavy atom. The molecule has 0 saturated carbocycles. The zero-order valence-electron chi connectivity index (χ0n) is 13.7. The number of anilines is 3. The van der Waals surface area contributed by atoms with Crippen LogP contribution in [0.5, 0.6) is 0 Å². The molecule has 0 aliphatic carbocycles. The molecule has 0 aliphatic rings. The predicted molar refractivity (Wildman–Crippen MR) is 105 cm³/mol. The third kappa shape index (κ3) is 4.30. The minimum Gasteiger partial charge on any atom is -0.478 e. The minimum absolute atomic E-state index is 0.0387. The number of benzene rings is 1. The summed E-state index contributed by atoms with van der Waals surface area (Å²) in [4.78, 5) is 19.4. The summed E-state index contributed by atoms with van der Waals surface area (Å²) in [6, 6.07) is 7.27. The number of hydrogen-bond acceptors (Lipinski definition) is 5. The van der Waals surface area contributed by atoms with Gasteiger partial charge in [-0.15, -0.1) is 0 Å². The quantitative estimate of drug-likeness (QED) is 0.476. The zero-order valence-corrected chi connectivity index (χ0v) is 15.9. The van der Waals surface area contributed by atoms with Crippen molar-refractivity contribution in [1.82, 2.24) is 9.97 Å². The van der Waals surface area contributed by atoms with E-state index in [1.165, 1.54) is 36.7 Å². The van der Waals surface area contributed by atoms with Crippen molar-refractivity contribution in [3.63, 3.8) is 0 Å². The number of nitrogen functional groups attached to an aromatic ring is 1. The van der Waals surface area contributed by atoms with Crippen molar-refractivity contribution in [3.05, 3.63) is 74.8 Å². The lowest BCUT2D eigenvalue weighted by atomic mass is 10.1. The number of aromatic carboxylic acids is 1. The maximum atomic E-state index is 14.0. The number of nitrogens with zero attached hydrogens (tertiary/aromatic N) is 2. The van der Waals surface area contributed by atoms with Gasteiger partial charge in [0.2, 0.25) is 0 Å². The van der Waals surface area contributed by atoms with Gasteiger partial charge >= 0.3 is 5.97 Å². The van der Waals surface area contributed by atoms with Crippen molar-refractivity contribution in [2.75, 3.05) is 11.1 Å². The lowest BCUT2D eigenvalue weighted by Gasteiger charge is -2.12. The fourth-order valence-corrected chi connectivity index (χ4v) is 2.89. The lowest BCUT2D eigenvalue weighted by Crippen LogP contribution is -2.07. The van der Waals surface area contributed by atoms with Crippen molar-refractivity contribution >= 4 is 45.8 Å². The molecule has 1 aromatic carbocycles. The van der Waals surface area contributed by atoms with Gasteiger partial charge in [-0.3, -0.25) is 4.98 Å². The van der Waals surface area contributed by atoms with E-state index in [1.807, 2.05) is 22.6 Å². The van der Waals surface area contributed by atoms with Crippen molar-refractivity contribution in [2.45, 2.75) is 6.42 Å². The van der Waals surface area contributed by atoms with Gasteiger partial charge in [0.15, 0.2) is 11.6 Å². The van der Waals surface area contributed by atoms with Gasteiger partial charge < -0.3 is 16.2 Å². The van der Waals surface area contributed by atoms with Crippen LogP contribution in [0.25, 0.3) is 0 Å². The number of nitrogens with one attached hydrogen (secondary N) is 1. The number of carboxylic acid groups (broad SMARTS) is 1. The SMILES string of the molecule is Nc1nccc(Cc2cc(C(=O)O)c(Nc3ccc(I)cc3F)cn2)c1F. The standard InChI is InChI=1S/C18H13F2IN4O2/c19-13-6-10(21)1-2-14(13)25-15-8-24-11(7-12(15)18(26)27)5-9-3-4-23-17(22)16(9)20/h1-4,6-8,25H,5H2,(H2,22,23)(H,26,27). The Kier molecular flexibility index (Phi) is 5.49. The molecule has 138 valence electrons. The summed E-state index contributed by atoms with van der Waals surface area (Å²) >= 11 is 1.97. The van der Waals surface area contributed by atoms with E-state index < -0.39 is 17.6 Å². The van der Waals surface area contributed by atoms with Crippen LogP contribution in [-0.4, -0.2) is 21.0 Å². The molecule has 2 heterocycles. The number of rotatable bonds is 5. The predicted octanol–water partition coefficient (Wildman–Crippen LogP) is 3.97. The van der Waals surface area contributed by atoms with Crippen molar-refractivity contribution in [1.29, 1.82) is 0 Å². The van der Waals surface area contributed by atoms with Gasteiger partial charge in [0.05, 0.1) is 23.1 Å². The van der Waals surface area contributed by atoms with Crippen LogP contribution < -0.4 is 11.1 Å². The number of pyridine rings is 2. The van der Waals surface area contributed by atoms with E-state index in [1.54, 1.807) is 6.07 Å². The van der Waals surface area contributed by atoms with Crippen molar-refractivity contribution < 1.29 is 18.7 Å². The first kappa shape index (κ1) is 19.0. The number of carboxylic acids is 1. The zero-order chi connectivity index (χ0) is 19.6. The first-order chi connectivity index (χ1) is 12.8. The van der Waals surface area contributed by atoms with Crippen LogP contribution in [0.15, 0.2) is 42.7 Å². The normalized spacial score (nSPS) is 10.6. The summed E-state index contributed by atoms with van der Waals surface area (Å²) in [6.07, 6.45) is 2.68. The number of aromatic nitrogens is 2. The molecule has 4 N–H and O–H groups in total. The van der Waals surface area contributed by atoms with Crippen LogP contribution in [0, 0.1) is 15.2 Å². The smallest absolute Gasteiger partial charge is 0.337 e. The lowest BCUT2D eigenvalue weighted by molar-refractivity contribution is 0.0697. The summed E-state index contributed by atoms with van der Waals surface area (Å²) in [5.41, 5.74) is 6.15. The number of nitrogens with two attached hydrogens (primary N) is 1. The molecule has 0 fully saturated rings. The second-order valence-electron chi connectivity index (χ2n) is 5.62. The highest BCUT2D eigenvalue weighted by atomic mass is 127. The Morgan fingerprint density at radius 3 is 2.67 bits per heavy atom. The monoisotopic (exact) mass is 482 g/mol. The molecular formula is C18H13F2IN4O2. The highest BCUT2D eigenvalue weighted by Gasteiger charge is 2.16. The fourth-order valence-electron chi connectivity index (χ4n) is 2.44. The van der Waals surface area contributed by atoms with E-state index in [4.69, 9.17) is 5.73 Å². The summed E-state index contributed by atoms with van der Waals surface area (Å²) in [7, 11) is 0. The number of halogens is 3. The Morgan fingerprint density at radius 1 is 1.19 bits per heavy atom. The molecule has 0 atom stereocenters. The van der Waals surface area contributed by atoms with Crippen LogP contribution in [-0.2, 0) is 6.42 Å². The first-order valence-electron chi connectivity index (χ1n) is 7.68. The fraction of sp³-hybridized carbons (Fsp3) is 0.0556. The maximum Gasteiger partial charge on any atom is 0.337 e. The maximum absolute atomic E-state index is 14.0. The topological polar surface area (TPSA) is 101 Å². The first-order valence-corrected chi connectivity index (χ1v) is 8.76. The van der Waals surface area contributed by atoms with Gasteiger partial charge in [-0.05, 0) is 58.5 Å². The Balaban J connectivity index is 1.93. The largest absolute Gasteiger partial charge is 0.478 e. The second kappa shape index (κ2) is 7.82. The third-order valence-electron chi connectivity index (χ3n) is 3.76. The van der Waals surface area contributed by atoms with Crippen molar-refractivity contribution in [2.24, 2.45) is 0 Å². The molecule has 2 aromatic heterocycles. The Hall–Kier alpha value is -2.82. The van der Waals surface area contributed by atoms with E-state index >= 15 is 0 Å². The molecule has 3 rings (SSSR count). The minimum atomic E-state index is -1.22. The van der Waals surface area contributed by atoms with Crippen LogP contribution in [0.3, 0.4) is 0 Å². The van der Waals surface area contributed by atoms with E-state index in [0.29, 0.717) is 9.26 Å². The van der Waals surface area contributed by atoms with Gasteiger partial charge in [-0.1, -0.05) is 0 Å². The molecule has 3 aromatic rings. The summed E-state index contributed by atoms with van der Waals surface area (Å²) in [6.45, 7) is 0. The van der Waals surface area contributed by atoms with E-state index in [0.717, 1.165) is 0 Å². The Bertz CT molecular complexity index is 1030. The van der Waals surface area contributed by atoms with Crippen molar-refractivity contribution in [3.8, 4) is 0 Å². The third-order valence-corrected chi connectivity index (χ3v) is 4.43. The molecule has 0 bridgehead atoms. The number of carbonyl (C=O) groups is 1. The summed E-state index contributed by atoms with van der Waals surface area (Å²) < 4.78 is 28.7. The average molecular weight is 482 g/mol. The highest BCUT2D eigenvalue weighted by molar-refractivity contribution is 14.1. The van der Waals surface area contributed by atoms with Crippen LogP contribution in [0.1, 0.15) is 21.6 Å². The van der Waals surface area contributed by atoms with Gasteiger partial charge in [0, 0.05) is 21.9 Å². The number of hydrogen-bond donors (Lipinski definition) is 3. The van der Waals surface area contributed by atoms with E-state index in [-0.39, 0.29) is 34.7 Å². The molecule has 27 heavy (non-hydrogen) atoms. The molecule has 0 radical (unpaired) electrons. The average Bonchev–Trinajstić information content (AvgIpc) is 2.62. The molecule has 0 unspecified atom stereocenters. The Labute approximate surface area is 166 Å². The summed E-state index contributed by atoms with van der Waals surface area (Å²) in [5, 5.41) is 12.2. The molecule has 0 spiro atoms. The van der Waals surface area contributed by atoms with E-state index in [9.17, 15) is 18.7 Å². The van der Waals surface area contributed by atoms with Crippen LogP contribution >= 0.6 is 22.6 Å². The molecule has 0 saturated heterocycles. The molecular weight excluding hydrogens is 469 g/mol. The van der Waals surface area contributed by atoms with Gasteiger partial charge in [0.25, 0.3) is 0 Å². The second-order valence-corrected chi connectivity index (χ2v) is 6.87. The molecule has 0 amide bonds. The molecule has 6 nitrogen and oxygen atoms in total. The van der Waals surface area contributed by atoms with Gasteiger partial charge in [0.1, 0.15) is 5.82 Å². The van der Waals surface area contributed by atoms with Gasteiger partial charge in [-0.25, -0.2) is 18.6 Å². The summed E-state index contributed by atoms with van der Waals surface area (Å²) in [5.74, 6) is -2.64. The van der Waals surface area contributed by atoms with E-state index in [2.05, 4.69) is 15.3 Å². The van der Waals surface area contributed by atoms with Crippen LogP contribution in [0.4, 0.5) is 26.0 Å². The highest BCUT2D eigenvalue weighted by Crippen LogP contribution is 2.25. The molecule has 0 aliphatic heterocycles.